The lowest BCUT2D eigenvalue weighted by molar-refractivity contribution is -0.137. The van der Waals surface area contributed by atoms with Crippen LogP contribution >= 0.6 is 11.6 Å². The lowest BCUT2D eigenvalue weighted by atomic mass is 10.1. The molecule has 0 atom stereocenters. The second kappa shape index (κ2) is 9.40. The minimum Gasteiger partial charge on any atom is -0.494 e. The van der Waals surface area contributed by atoms with E-state index in [1.807, 2.05) is 6.92 Å². The van der Waals surface area contributed by atoms with Gasteiger partial charge >= 0.3 is 5.97 Å². The maximum Gasteiger partial charge on any atom is 0.349 e. The van der Waals surface area contributed by atoms with E-state index < -0.39 is 12.6 Å². The third-order valence-electron chi connectivity index (χ3n) is 3.34. The Morgan fingerprint density at radius 3 is 2.35 bits per heavy atom. The number of esters is 1. The normalized spacial score (nSPS) is 10.7. The van der Waals surface area contributed by atoms with Gasteiger partial charge in [-0.1, -0.05) is 23.7 Å². The Morgan fingerprint density at radius 1 is 1.12 bits per heavy atom. The molecule has 0 fully saturated rings. The molecule has 2 rings (SSSR count). The SMILES string of the molecule is CCOc1ccc(/C=C(\C#N)C(=O)OCC(=O)c2ccc(Cl)cc2)cc1. The average molecular weight is 370 g/mol. The van der Waals surface area contributed by atoms with E-state index in [9.17, 15) is 9.59 Å². The third kappa shape index (κ3) is 5.47. The number of ether oxygens (including phenoxy) is 2. The number of nitrogens with zero attached hydrogens (tertiary/aromatic N) is 1. The molecule has 2 aromatic rings. The number of Topliss-reactive ketones (excluding diaryl/α,β-unsaturated/α-hetero) is 1. The van der Waals surface area contributed by atoms with Gasteiger partial charge in [-0.3, -0.25) is 4.79 Å². The van der Waals surface area contributed by atoms with Crippen LogP contribution in [0.5, 0.6) is 5.75 Å². The van der Waals surface area contributed by atoms with Crippen molar-refractivity contribution in [3.8, 4) is 11.8 Å². The molecule has 132 valence electrons. The summed E-state index contributed by atoms with van der Waals surface area (Å²) in [5, 5.41) is 9.67. The van der Waals surface area contributed by atoms with Gasteiger partial charge in [0.05, 0.1) is 6.61 Å². The number of ketones is 1. The molecular formula is C20H16ClNO4. The van der Waals surface area contributed by atoms with E-state index in [-0.39, 0.29) is 11.4 Å². The van der Waals surface area contributed by atoms with E-state index in [1.165, 1.54) is 6.08 Å². The average Bonchev–Trinajstić information content (AvgIpc) is 2.66. The first-order chi connectivity index (χ1) is 12.5. The summed E-state index contributed by atoms with van der Waals surface area (Å²) in [6, 6.07) is 14.9. The molecule has 0 aliphatic rings. The van der Waals surface area contributed by atoms with Crippen LogP contribution in [0, 0.1) is 11.3 Å². The van der Waals surface area contributed by atoms with E-state index >= 15 is 0 Å². The van der Waals surface area contributed by atoms with Gasteiger partial charge in [-0.15, -0.1) is 0 Å². The molecule has 6 heteroatoms. The van der Waals surface area contributed by atoms with Crippen molar-refractivity contribution in [3.63, 3.8) is 0 Å². The molecule has 0 saturated heterocycles. The smallest absolute Gasteiger partial charge is 0.349 e. The fourth-order valence-corrected chi connectivity index (χ4v) is 2.18. The van der Waals surface area contributed by atoms with E-state index in [2.05, 4.69) is 0 Å². The summed E-state index contributed by atoms with van der Waals surface area (Å²) in [6.45, 7) is 1.97. The second-order valence-corrected chi connectivity index (χ2v) is 5.61. The highest BCUT2D eigenvalue weighted by Crippen LogP contribution is 2.15. The van der Waals surface area contributed by atoms with E-state index in [0.29, 0.717) is 28.5 Å². The third-order valence-corrected chi connectivity index (χ3v) is 3.60. The van der Waals surface area contributed by atoms with Crippen LogP contribution < -0.4 is 4.74 Å². The number of nitriles is 1. The van der Waals surface area contributed by atoms with Crippen molar-refractivity contribution in [1.82, 2.24) is 0 Å². The highest BCUT2D eigenvalue weighted by atomic mass is 35.5. The molecule has 0 bridgehead atoms. The molecule has 0 aliphatic carbocycles. The van der Waals surface area contributed by atoms with Crippen LogP contribution in [0.25, 0.3) is 6.08 Å². The number of rotatable bonds is 7. The quantitative estimate of drug-likeness (QED) is 0.318. The zero-order valence-electron chi connectivity index (χ0n) is 14.1. The van der Waals surface area contributed by atoms with Crippen molar-refractivity contribution in [2.24, 2.45) is 0 Å². The zero-order chi connectivity index (χ0) is 18.9. The fraction of sp³-hybridized carbons (Fsp3) is 0.150. The lowest BCUT2D eigenvalue weighted by Gasteiger charge is -2.05. The molecule has 0 unspecified atom stereocenters. The van der Waals surface area contributed by atoms with Crippen molar-refractivity contribution in [3.05, 3.63) is 70.3 Å². The summed E-state index contributed by atoms with van der Waals surface area (Å²) in [5.41, 5.74) is 0.820. The van der Waals surface area contributed by atoms with Crippen LogP contribution in [0.4, 0.5) is 0 Å². The highest BCUT2D eigenvalue weighted by molar-refractivity contribution is 6.30. The Hall–Kier alpha value is -3.10. The maximum absolute atomic E-state index is 12.0. The summed E-state index contributed by atoms with van der Waals surface area (Å²) in [4.78, 5) is 24.0. The van der Waals surface area contributed by atoms with Crippen molar-refractivity contribution >= 4 is 29.4 Å². The zero-order valence-corrected chi connectivity index (χ0v) is 14.8. The minimum absolute atomic E-state index is 0.196. The molecular weight excluding hydrogens is 354 g/mol. The first-order valence-electron chi connectivity index (χ1n) is 7.84. The molecule has 0 N–H and O–H groups in total. The predicted octanol–water partition coefficient (Wildman–Crippen LogP) is 4.07. The monoisotopic (exact) mass is 369 g/mol. The van der Waals surface area contributed by atoms with Gasteiger partial charge in [-0.05, 0) is 55.0 Å². The molecule has 0 heterocycles. The number of halogens is 1. The van der Waals surface area contributed by atoms with Gasteiger partial charge in [-0.25, -0.2) is 4.79 Å². The van der Waals surface area contributed by atoms with Crippen molar-refractivity contribution < 1.29 is 19.1 Å². The van der Waals surface area contributed by atoms with Gasteiger partial charge in [0.2, 0.25) is 0 Å². The summed E-state index contributed by atoms with van der Waals surface area (Å²) in [7, 11) is 0. The van der Waals surface area contributed by atoms with Crippen molar-refractivity contribution in [1.29, 1.82) is 5.26 Å². The molecule has 0 aromatic heterocycles. The first-order valence-corrected chi connectivity index (χ1v) is 8.22. The van der Waals surface area contributed by atoms with Gasteiger partial charge in [0.25, 0.3) is 0 Å². The van der Waals surface area contributed by atoms with Gasteiger partial charge in [0.15, 0.2) is 12.4 Å². The van der Waals surface area contributed by atoms with Gasteiger partial charge in [0, 0.05) is 10.6 Å². The number of carbonyl (C=O) groups is 2. The fourth-order valence-electron chi connectivity index (χ4n) is 2.06. The van der Waals surface area contributed by atoms with Gasteiger partial charge in [-0.2, -0.15) is 5.26 Å². The molecule has 0 amide bonds. The Morgan fingerprint density at radius 2 is 1.77 bits per heavy atom. The van der Waals surface area contributed by atoms with Crippen molar-refractivity contribution in [2.75, 3.05) is 13.2 Å². The molecule has 0 saturated carbocycles. The summed E-state index contributed by atoms with van der Waals surface area (Å²) in [5.74, 6) is -0.545. The summed E-state index contributed by atoms with van der Waals surface area (Å²) in [6.07, 6.45) is 1.39. The van der Waals surface area contributed by atoms with Crippen molar-refractivity contribution in [2.45, 2.75) is 6.92 Å². The minimum atomic E-state index is -0.858. The van der Waals surface area contributed by atoms with Crippen LogP contribution in [0.15, 0.2) is 54.1 Å². The number of carbonyl (C=O) groups excluding carboxylic acids is 2. The Kier molecular flexibility index (Phi) is 6.95. The second-order valence-electron chi connectivity index (χ2n) is 5.18. The Balaban J connectivity index is 2.00. The van der Waals surface area contributed by atoms with Gasteiger partial charge < -0.3 is 9.47 Å². The molecule has 0 radical (unpaired) electrons. The van der Waals surface area contributed by atoms with Crippen LogP contribution in [0.3, 0.4) is 0 Å². The molecule has 5 nitrogen and oxygen atoms in total. The van der Waals surface area contributed by atoms with Crippen LogP contribution in [-0.4, -0.2) is 25.0 Å². The molecule has 0 spiro atoms. The van der Waals surface area contributed by atoms with Crippen LogP contribution in [0.2, 0.25) is 5.02 Å². The Bertz CT molecular complexity index is 849. The van der Waals surface area contributed by atoms with Gasteiger partial charge in [0.1, 0.15) is 17.4 Å². The molecule has 2 aromatic carbocycles. The van der Waals surface area contributed by atoms with Crippen LogP contribution in [0.1, 0.15) is 22.8 Å². The number of hydrogen-bond donors (Lipinski definition) is 0. The Labute approximate surface area is 156 Å². The molecule has 26 heavy (non-hydrogen) atoms. The standard InChI is InChI=1S/C20H16ClNO4/c1-2-25-18-9-3-14(4-10-18)11-16(12-22)20(24)26-13-19(23)15-5-7-17(21)8-6-15/h3-11H,2,13H2,1H3/b16-11+. The number of benzene rings is 2. The number of hydrogen-bond acceptors (Lipinski definition) is 5. The van der Waals surface area contributed by atoms with Crippen LogP contribution in [-0.2, 0) is 9.53 Å². The van der Waals surface area contributed by atoms with E-state index in [1.54, 1.807) is 54.6 Å². The lowest BCUT2D eigenvalue weighted by Crippen LogP contribution is -2.15. The van der Waals surface area contributed by atoms with E-state index in [0.717, 1.165) is 0 Å². The van der Waals surface area contributed by atoms with E-state index in [4.69, 9.17) is 26.3 Å². The molecule has 0 aliphatic heterocycles. The maximum atomic E-state index is 12.0. The highest BCUT2D eigenvalue weighted by Gasteiger charge is 2.14. The summed E-state index contributed by atoms with van der Waals surface area (Å²) < 4.78 is 10.3. The topological polar surface area (TPSA) is 76.4 Å². The predicted molar refractivity (Wildman–Crippen MR) is 97.9 cm³/mol. The first kappa shape index (κ1) is 19.2. The summed E-state index contributed by atoms with van der Waals surface area (Å²) >= 11 is 5.76. The largest absolute Gasteiger partial charge is 0.494 e.